The van der Waals surface area contributed by atoms with E-state index in [1.54, 1.807) is 6.92 Å². The zero-order valence-electron chi connectivity index (χ0n) is 9.48. The summed E-state index contributed by atoms with van der Waals surface area (Å²) in [4.78, 5) is 9.60. The summed E-state index contributed by atoms with van der Waals surface area (Å²) in [6, 6.07) is 8.00. The average molecular weight is 225 g/mol. The molecule has 1 rings (SSSR count). The predicted octanol–water partition coefficient (Wildman–Crippen LogP) is 0.706. The standard InChI is InChI=1S/C8H12N2.C3H7NO2/c9-5-7-2-1-3-8(4-7)6-10;1-2-6-3(4)5/h1-4H,5-6,9-10H2;2H2,1H3,(H2,4,5). The van der Waals surface area contributed by atoms with Crippen molar-refractivity contribution in [1.29, 1.82) is 0 Å². The van der Waals surface area contributed by atoms with E-state index >= 15 is 0 Å². The Morgan fingerprint density at radius 1 is 1.25 bits per heavy atom. The summed E-state index contributed by atoms with van der Waals surface area (Å²) in [7, 11) is 0. The molecule has 0 spiro atoms. The van der Waals surface area contributed by atoms with Gasteiger partial charge in [0.15, 0.2) is 0 Å². The van der Waals surface area contributed by atoms with Gasteiger partial charge in [-0.05, 0) is 18.1 Å². The maximum Gasteiger partial charge on any atom is 0.404 e. The molecule has 0 aliphatic heterocycles. The topological polar surface area (TPSA) is 104 Å². The van der Waals surface area contributed by atoms with E-state index in [9.17, 15) is 4.79 Å². The average Bonchev–Trinajstić information content (AvgIpc) is 2.29. The van der Waals surface area contributed by atoms with Gasteiger partial charge in [0.05, 0.1) is 6.61 Å². The molecule has 0 aliphatic carbocycles. The van der Waals surface area contributed by atoms with Crippen LogP contribution in [0, 0.1) is 0 Å². The van der Waals surface area contributed by atoms with Crippen molar-refractivity contribution in [3.05, 3.63) is 35.4 Å². The molecule has 0 atom stereocenters. The number of ether oxygens (including phenoxy) is 1. The van der Waals surface area contributed by atoms with Gasteiger partial charge in [-0.3, -0.25) is 0 Å². The summed E-state index contributed by atoms with van der Waals surface area (Å²) < 4.78 is 4.18. The number of amides is 1. The molecule has 5 heteroatoms. The van der Waals surface area contributed by atoms with Crippen LogP contribution in [0.2, 0.25) is 0 Å². The lowest BCUT2D eigenvalue weighted by Gasteiger charge is -1.98. The van der Waals surface area contributed by atoms with Crippen molar-refractivity contribution in [2.24, 2.45) is 17.2 Å². The third kappa shape index (κ3) is 6.80. The smallest absolute Gasteiger partial charge is 0.404 e. The van der Waals surface area contributed by atoms with Crippen LogP contribution in [0.3, 0.4) is 0 Å². The van der Waals surface area contributed by atoms with Crippen LogP contribution in [0.4, 0.5) is 4.79 Å². The minimum Gasteiger partial charge on any atom is -0.450 e. The van der Waals surface area contributed by atoms with Gasteiger partial charge < -0.3 is 21.9 Å². The SMILES string of the molecule is CCOC(N)=O.NCc1cccc(CN)c1. The number of benzene rings is 1. The van der Waals surface area contributed by atoms with Gasteiger partial charge in [-0.25, -0.2) is 4.79 Å². The van der Waals surface area contributed by atoms with E-state index in [-0.39, 0.29) is 0 Å². The third-order valence-corrected chi connectivity index (χ3v) is 1.75. The van der Waals surface area contributed by atoms with Gasteiger partial charge in [-0.2, -0.15) is 0 Å². The molecule has 0 saturated heterocycles. The lowest BCUT2D eigenvalue weighted by molar-refractivity contribution is 0.163. The second-order valence-corrected chi connectivity index (χ2v) is 2.98. The van der Waals surface area contributed by atoms with Crippen molar-refractivity contribution >= 4 is 6.09 Å². The van der Waals surface area contributed by atoms with Crippen molar-refractivity contribution in [2.45, 2.75) is 20.0 Å². The lowest BCUT2D eigenvalue weighted by atomic mass is 10.1. The lowest BCUT2D eigenvalue weighted by Crippen LogP contribution is -2.11. The molecule has 90 valence electrons. The highest BCUT2D eigenvalue weighted by Gasteiger charge is 1.89. The zero-order valence-corrected chi connectivity index (χ0v) is 9.48. The molecule has 0 radical (unpaired) electrons. The van der Waals surface area contributed by atoms with E-state index in [0.717, 1.165) is 11.1 Å². The van der Waals surface area contributed by atoms with Crippen LogP contribution in [0.5, 0.6) is 0 Å². The summed E-state index contributed by atoms with van der Waals surface area (Å²) in [6.07, 6.45) is -0.711. The Morgan fingerprint density at radius 2 is 1.75 bits per heavy atom. The highest BCUT2D eigenvalue weighted by molar-refractivity contribution is 5.64. The summed E-state index contributed by atoms with van der Waals surface area (Å²) in [6.45, 7) is 3.24. The van der Waals surface area contributed by atoms with Crippen LogP contribution >= 0.6 is 0 Å². The number of hydrogen-bond acceptors (Lipinski definition) is 4. The molecular weight excluding hydrogens is 206 g/mol. The zero-order chi connectivity index (χ0) is 12.4. The fourth-order valence-corrected chi connectivity index (χ4v) is 1.03. The van der Waals surface area contributed by atoms with Crippen molar-refractivity contribution < 1.29 is 9.53 Å². The number of carbonyl (C=O) groups excluding carboxylic acids is 1. The van der Waals surface area contributed by atoms with E-state index in [2.05, 4.69) is 10.5 Å². The molecule has 1 aromatic carbocycles. The third-order valence-electron chi connectivity index (χ3n) is 1.75. The van der Waals surface area contributed by atoms with Gasteiger partial charge >= 0.3 is 6.09 Å². The Hall–Kier alpha value is -1.59. The number of rotatable bonds is 3. The van der Waals surface area contributed by atoms with E-state index < -0.39 is 6.09 Å². The molecule has 6 N–H and O–H groups in total. The van der Waals surface area contributed by atoms with E-state index in [0.29, 0.717) is 19.7 Å². The molecule has 0 saturated carbocycles. The monoisotopic (exact) mass is 225 g/mol. The summed E-state index contributed by atoms with van der Waals surface area (Å²) in [5, 5.41) is 0. The molecule has 0 unspecified atom stereocenters. The molecule has 1 amide bonds. The van der Waals surface area contributed by atoms with Gasteiger partial charge in [-0.1, -0.05) is 24.3 Å². The molecule has 16 heavy (non-hydrogen) atoms. The van der Waals surface area contributed by atoms with Crippen LogP contribution < -0.4 is 17.2 Å². The molecule has 0 aromatic heterocycles. The van der Waals surface area contributed by atoms with Gasteiger partial charge in [0.2, 0.25) is 0 Å². The minimum atomic E-state index is -0.711. The Kier molecular flexibility index (Phi) is 7.83. The molecule has 0 fully saturated rings. The van der Waals surface area contributed by atoms with Crippen molar-refractivity contribution in [2.75, 3.05) is 6.61 Å². The van der Waals surface area contributed by atoms with Crippen LogP contribution in [-0.4, -0.2) is 12.7 Å². The highest BCUT2D eigenvalue weighted by Crippen LogP contribution is 2.02. The van der Waals surface area contributed by atoms with Gasteiger partial charge in [-0.15, -0.1) is 0 Å². The summed E-state index contributed by atoms with van der Waals surface area (Å²) >= 11 is 0. The number of hydrogen-bond donors (Lipinski definition) is 3. The van der Waals surface area contributed by atoms with Crippen LogP contribution in [0.25, 0.3) is 0 Å². The number of carbonyl (C=O) groups is 1. The fraction of sp³-hybridized carbons (Fsp3) is 0.364. The Morgan fingerprint density at radius 3 is 2.00 bits per heavy atom. The quantitative estimate of drug-likeness (QED) is 0.704. The van der Waals surface area contributed by atoms with Gasteiger partial charge in [0.25, 0.3) is 0 Å². The summed E-state index contributed by atoms with van der Waals surface area (Å²) in [5.41, 5.74) is 17.7. The van der Waals surface area contributed by atoms with Gasteiger partial charge in [0, 0.05) is 13.1 Å². The van der Waals surface area contributed by atoms with E-state index in [1.807, 2.05) is 24.3 Å². The summed E-state index contributed by atoms with van der Waals surface area (Å²) in [5.74, 6) is 0. The predicted molar refractivity (Wildman–Crippen MR) is 63.4 cm³/mol. The molecule has 0 aliphatic rings. The van der Waals surface area contributed by atoms with Crippen LogP contribution in [0.1, 0.15) is 18.1 Å². The molecule has 0 bridgehead atoms. The molecular formula is C11H19N3O2. The highest BCUT2D eigenvalue weighted by atomic mass is 16.5. The second-order valence-electron chi connectivity index (χ2n) is 2.98. The van der Waals surface area contributed by atoms with Crippen molar-refractivity contribution in [1.82, 2.24) is 0 Å². The molecule has 5 nitrogen and oxygen atoms in total. The van der Waals surface area contributed by atoms with E-state index in [4.69, 9.17) is 11.5 Å². The van der Waals surface area contributed by atoms with Gasteiger partial charge in [0.1, 0.15) is 0 Å². The first-order valence-electron chi connectivity index (χ1n) is 5.04. The number of nitrogens with two attached hydrogens (primary N) is 3. The van der Waals surface area contributed by atoms with Crippen molar-refractivity contribution in [3.63, 3.8) is 0 Å². The Labute approximate surface area is 95.6 Å². The molecule has 0 heterocycles. The second kappa shape index (κ2) is 8.70. The normalized spacial score (nSPS) is 8.94. The van der Waals surface area contributed by atoms with E-state index in [1.165, 1.54) is 0 Å². The van der Waals surface area contributed by atoms with Crippen LogP contribution in [0.15, 0.2) is 24.3 Å². The first-order chi connectivity index (χ1) is 7.63. The molecule has 1 aromatic rings. The minimum absolute atomic E-state index is 0.356. The maximum absolute atomic E-state index is 9.60. The fourth-order valence-electron chi connectivity index (χ4n) is 1.03. The Balaban J connectivity index is 0.000000325. The van der Waals surface area contributed by atoms with Crippen molar-refractivity contribution in [3.8, 4) is 0 Å². The maximum atomic E-state index is 9.60. The first-order valence-corrected chi connectivity index (χ1v) is 5.04. The Bertz CT molecular complexity index is 297. The van der Waals surface area contributed by atoms with Crippen LogP contribution in [-0.2, 0) is 17.8 Å². The largest absolute Gasteiger partial charge is 0.450 e. The number of primary amides is 1. The first kappa shape index (κ1) is 14.4.